The van der Waals surface area contributed by atoms with Gasteiger partial charge in [0.2, 0.25) is 0 Å². The summed E-state index contributed by atoms with van der Waals surface area (Å²) in [6.45, 7) is 1.90. The molecule has 0 saturated heterocycles. The summed E-state index contributed by atoms with van der Waals surface area (Å²) in [6, 6.07) is 4.92. The maximum absolute atomic E-state index is 12.8. The van der Waals surface area contributed by atoms with E-state index in [0.29, 0.717) is 0 Å². The van der Waals surface area contributed by atoms with E-state index in [2.05, 4.69) is 0 Å². The molecule has 0 amide bonds. The van der Waals surface area contributed by atoms with Crippen molar-refractivity contribution in [3.05, 3.63) is 40.8 Å². The monoisotopic (exact) mass is 177 g/mol. The van der Waals surface area contributed by atoms with E-state index in [-0.39, 0.29) is 5.82 Å². The van der Waals surface area contributed by atoms with Crippen molar-refractivity contribution in [1.82, 2.24) is 0 Å². The molecule has 1 aliphatic rings. The highest BCUT2D eigenvalue weighted by molar-refractivity contribution is 5.74. The van der Waals surface area contributed by atoms with Crippen molar-refractivity contribution >= 4 is 5.57 Å². The second kappa shape index (κ2) is 2.87. The van der Waals surface area contributed by atoms with Crippen LogP contribution in [-0.2, 0) is 6.42 Å². The molecule has 68 valence electrons. The van der Waals surface area contributed by atoms with E-state index in [9.17, 15) is 4.39 Å². The van der Waals surface area contributed by atoms with Gasteiger partial charge < -0.3 is 5.73 Å². The van der Waals surface area contributed by atoms with Crippen LogP contribution in [0.5, 0.6) is 0 Å². The van der Waals surface area contributed by atoms with E-state index in [1.165, 1.54) is 11.6 Å². The zero-order chi connectivity index (χ0) is 9.42. The topological polar surface area (TPSA) is 26.0 Å². The average Bonchev–Trinajstić information content (AvgIpc) is 2.46. The standard InChI is InChI=1S/C11H12FN/c1-7(13)10-4-2-8-6-9(12)3-5-11(8)10/h3,5-6H,2,4,13H2,1H3/b10-7+. The fourth-order valence-electron chi connectivity index (χ4n) is 1.87. The molecule has 0 spiro atoms. The van der Waals surface area contributed by atoms with Crippen LogP contribution in [0.4, 0.5) is 4.39 Å². The minimum absolute atomic E-state index is 0.158. The number of benzene rings is 1. The van der Waals surface area contributed by atoms with Gasteiger partial charge in [-0.15, -0.1) is 0 Å². The highest BCUT2D eigenvalue weighted by Crippen LogP contribution is 2.33. The van der Waals surface area contributed by atoms with Gasteiger partial charge in [0.05, 0.1) is 0 Å². The van der Waals surface area contributed by atoms with Gasteiger partial charge in [-0.05, 0) is 48.6 Å². The molecule has 0 saturated carbocycles. The summed E-state index contributed by atoms with van der Waals surface area (Å²) < 4.78 is 12.8. The number of nitrogens with two attached hydrogens (primary N) is 1. The summed E-state index contributed by atoms with van der Waals surface area (Å²) in [6.07, 6.45) is 1.86. The number of allylic oxidation sites excluding steroid dienone is 2. The molecule has 1 aromatic carbocycles. The lowest BCUT2D eigenvalue weighted by Gasteiger charge is -2.02. The molecule has 0 unspecified atom stereocenters. The average molecular weight is 177 g/mol. The molecule has 0 radical (unpaired) electrons. The van der Waals surface area contributed by atoms with Crippen molar-refractivity contribution in [2.45, 2.75) is 19.8 Å². The quantitative estimate of drug-likeness (QED) is 0.647. The third kappa shape index (κ3) is 1.32. The van der Waals surface area contributed by atoms with Gasteiger partial charge in [0.15, 0.2) is 0 Å². The molecule has 1 aliphatic carbocycles. The number of halogens is 1. The molecule has 2 rings (SSSR count). The lowest BCUT2D eigenvalue weighted by atomic mass is 10.1. The van der Waals surface area contributed by atoms with Crippen molar-refractivity contribution in [2.75, 3.05) is 0 Å². The number of hydrogen-bond donors (Lipinski definition) is 1. The first-order chi connectivity index (χ1) is 6.18. The van der Waals surface area contributed by atoms with Gasteiger partial charge in [0.1, 0.15) is 5.82 Å². The molecule has 13 heavy (non-hydrogen) atoms. The molecule has 0 atom stereocenters. The van der Waals surface area contributed by atoms with E-state index in [4.69, 9.17) is 5.73 Å². The van der Waals surface area contributed by atoms with Crippen LogP contribution < -0.4 is 5.73 Å². The van der Waals surface area contributed by atoms with Crippen LogP contribution in [0.1, 0.15) is 24.5 Å². The molecule has 0 heterocycles. The lowest BCUT2D eigenvalue weighted by Crippen LogP contribution is -1.95. The van der Waals surface area contributed by atoms with Crippen molar-refractivity contribution in [2.24, 2.45) is 5.73 Å². The van der Waals surface area contributed by atoms with Crippen LogP contribution in [0.3, 0.4) is 0 Å². The molecule has 2 heteroatoms. The summed E-state index contributed by atoms with van der Waals surface area (Å²) in [4.78, 5) is 0. The Hall–Kier alpha value is -1.31. The fourth-order valence-corrected chi connectivity index (χ4v) is 1.87. The van der Waals surface area contributed by atoms with Gasteiger partial charge in [-0.2, -0.15) is 0 Å². The molecule has 1 nitrogen and oxygen atoms in total. The van der Waals surface area contributed by atoms with Crippen molar-refractivity contribution in [3.63, 3.8) is 0 Å². The first-order valence-electron chi connectivity index (χ1n) is 4.42. The Morgan fingerprint density at radius 1 is 1.38 bits per heavy atom. The van der Waals surface area contributed by atoms with Gasteiger partial charge in [-0.1, -0.05) is 6.07 Å². The van der Waals surface area contributed by atoms with Crippen LogP contribution in [0.25, 0.3) is 5.57 Å². The predicted octanol–water partition coefficient (Wildman–Crippen LogP) is 2.46. The zero-order valence-corrected chi connectivity index (χ0v) is 7.60. The maximum atomic E-state index is 12.8. The van der Waals surface area contributed by atoms with E-state index >= 15 is 0 Å². The Bertz CT molecular complexity index is 376. The van der Waals surface area contributed by atoms with Crippen LogP contribution in [0.15, 0.2) is 23.9 Å². The normalized spacial score (nSPS) is 18.6. The first kappa shape index (κ1) is 8.30. The predicted molar refractivity (Wildman–Crippen MR) is 51.5 cm³/mol. The number of fused-ring (bicyclic) bond motifs is 1. The Morgan fingerprint density at radius 2 is 2.15 bits per heavy atom. The van der Waals surface area contributed by atoms with E-state index in [0.717, 1.165) is 29.7 Å². The number of hydrogen-bond acceptors (Lipinski definition) is 1. The zero-order valence-electron chi connectivity index (χ0n) is 7.60. The Morgan fingerprint density at radius 3 is 2.85 bits per heavy atom. The van der Waals surface area contributed by atoms with Gasteiger partial charge >= 0.3 is 0 Å². The highest BCUT2D eigenvalue weighted by atomic mass is 19.1. The van der Waals surface area contributed by atoms with Crippen LogP contribution in [0.2, 0.25) is 0 Å². The summed E-state index contributed by atoms with van der Waals surface area (Å²) in [5, 5.41) is 0. The van der Waals surface area contributed by atoms with Crippen molar-refractivity contribution < 1.29 is 4.39 Å². The molecular formula is C11H12FN. The molecule has 0 aliphatic heterocycles. The largest absolute Gasteiger partial charge is 0.402 e. The van der Waals surface area contributed by atoms with Gasteiger partial charge in [-0.25, -0.2) is 4.39 Å². The minimum atomic E-state index is -0.158. The Kier molecular flexibility index (Phi) is 1.83. The highest BCUT2D eigenvalue weighted by Gasteiger charge is 2.17. The second-order valence-electron chi connectivity index (χ2n) is 3.46. The Labute approximate surface area is 77.1 Å². The molecule has 0 aromatic heterocycles. The van der Waals surface area contributed by atoms with Crippen molar-refractivity contribution in [1.29, 1.82) is 0 Å². The first-order valence-corrected chi connectivity index (χ1v) is 4.42. The summed E-state index contributed by atoms with van der Waals surface area (Å²) >= 11 is 0. The van der Waals surface area contributed by atoms with Crippen LogP contribution in [0, 0.1) is 5.82 Å². The van der Waals surface area contributed by atoms with E-state index in [1.807, 2.05) is 13.0 Å². The lowest BCUT2D eigenvalue weighted by molar-refractivity contribution is 0.626. The number of aryl methyl sites for hydroxylation is 1. The fraction of sp³-hybridized carbons (Fsp3) is 0.273. The van der Waals surface area contributed by atoms with Crippen molar-refractivity contribution in [3.8, 4) is 0 Å². The van der Waals surface area contributed by atoms with Gasteiger partial charge in [0.25, 0.3) is 0 Å². The molecule has 1 aromatic rings. The van der Waals surface area contributed by atoms with Crippen LogP contribution >= 0.6 is 0 Å². The smallest absolute Gasteiger partial charge is 0.123 e. The summed E-state index contributed by atoms with van der Waals surface area (Å²) in [7, 11) is 0. The second-order valence-corrected chi connectivity index (χ2v) is 3.46. The molecule has 2 N–H and O–H groups in total. The summed E-state index contributed by atoms with van der Waals surface area (Å²) in [5.74, 6) is -0.158. The Balaban J connectivity index is 2.56. The van der Waals surface area contributed by atoms with E-state index in [1.54, 1.807) is 6.07 Å². The third-order valence-electron chi connectivity index (χ3n) is 2.51. The molecule has 0 fully saturated rings. The minimum Gasteiger partial charge on any atom is -0.402 e. The summed E-state index contributed by atoms with van der Waals surface area (Å²) in [5.41, 5.74) is 9.97. The molecule has 0 bridgehead atoms. The molecular weight excluding hydrogens is 165 g/mol. The van der Waals surface area contributed by atoms with Gasteiger partial charge in [-0.3, -0.25) is 0 Å². The van der Waals surface area contributed by atoms with Crippen LogP contribution in [-0.4, -0.2) is 0 Å². The van der Waals surface area contributed by atoms with Gasteiger partial charge in [0, 0.05) is 5.70 Å². The maximum Gasteiger partial charge on any atom is 0.123 e. The third-order valence-corrected chi connectivity index (χ3v) is 2.51. The SMILES string of the molecule is C/C(N)=C1/CCc2cc(F)ccc21. The van der Waals surface area contributed by atoms with E-state index < -0.39 is 0 Å². The number of rotatable bonds is 0.